The van der Waals surface area contributed by atoms with E-state index in [-0.39, 0.29) is 17.6 Å². The van der Waals surface area contributed by atoms with Crippen molar-refractivity contribution in [1.82, 2.24) is 0 Å². The molecule has 1 aliphatic rings. The lowest BCUT2D eigenvalue weighted by Gasteiger charge is -2.40. The number of hydrogen-bond acceptors (Lipinski definition) is 3. The molecule has 0 saturated carbocycles. The minimum atomic E-state index is -4.61. The zero-order valence-corrected chi connectivity index (χ0v) is 12.8. The number of ether oxygens (including phenoxy) is 2. The molecule has 7 heteroatoms. The maximum Gasteiger partial charge on any atom is 0.417 e. The molecule has 0 radical (unpaired) electrons. The predicted molar refractivity (Wildman–Crippen MR) is 74.9 cm³/mol. The first-order valence-corrected chi connectivity index (χ1v) is 7.27. The summed E-state index contributed by atoms with van der Waals surface area (Å²) in [7, 11) is 0. The van der Waals surface area contributed by atoms with Gasteiger partial charge in [0, 0.05) is 0 Å². The van der Waals surface area contributed by atoms with Gasteiger partial charge in [-0.3, -0.25) is 0 Å². The van der Waals surface area contributed by atoms with Crippen LogP contribution in [0, 0.1) is 5.41 Å². The summed E-state index contributed by atoms with van der Waals surface area (Å²) in [6.45, 7) is 3.16. The number of esters is 1. The first kappa shape index (κ1) is 17.1. The van der Waals surface area contributed by atoms with Gasteiger partial charge in [-0.25, -0.2) is 4.79 Å². The van der Waals surface area contributed by atoms with Crippen LogP contribution in [-0.4, -0.2) is 25.8 Å². The van der Waals surface area contributed by atoms with Gasteiger partial charge in [0.25, 0.3) is 0 Å². The Morgan fingerprint density at radius 1 is 1.41 bits per heavy atom. The highest BCUT2D eigenvalue weighted by Crippen LogP contribution is 2.36. The monoisotopic (exact) mass is 336 g/mol. The lowest BCUT2D eigenvalue weighted by Crippen LogP contribution is -2.46. The number of benzene rings is 1. The third-order valence-corrected chi connectivity index (χ3v) is 3.94. The van der Waals surface area contributed by atoms with Crippen LogP contribution in [0.2, 0.25) is 5.02 Å². The van der Waals surface area contributed by atoms with Crippen molar-refractivity contribution in [3.8, 4) is 0 Å². The molecule has 0 spiro atoms. The van der Waals surface area contributed by atoms with E-state index in [4.69, 9.17) is 21.1 Å². The summed E-state index contributed by atoms with van der Waals surface area (Å²) in [6.07, 6.45) is -2.85. The van der Waals surface area contributed by atoms with Gasteiger partial charge in [0.1, 0.15) is 6.61 Å². The summed E-state index contributed by atoms with van der Waals surface area (Å²) >= 11 is 5.52. The molecule has 0 aliphatic carbocycles. The van der Waals surface area contributed by atoms with E-state index in [2.05, 4.69) is 0 Å². The maximum absolute atomic E-state index is 12.8. The highest BCUT2D eigenvalue weighted by molar-refractivity contribution is 6.31. The van der Waals surface area contributed by atoms with Crippen molar-refractivity contribution in [2.24, 2.45) is 5.41 Å². The molecule has 122 valence electrons. The van der Waals surface area contributed by atoms with Crippen molar-refractivity contribution >= 4 is 17.6 Å². The fourth-order valence-electron chi connectivity index (χ4n) is 2.39. The van der Waals surface area contributed by atoms with Gasteiger partial charge in [0.05, 0.1) is 34.8 Å². The molecular formula is C15H16ClF3O3. The molecule has 0 atom stereocenters. The van der Waals surface area contributed by atoms with Crippen molar-refractivity contribution < 1.29 is 27.4 Å². The summed E-state index contributed by atoms with van der Waals surface area (Å²) in [6, 6.07) is 2.99. The summed E-state index contributed by atoms with van der Waals surface area (Å²) < 4.78 is 48.7. The van der Waals surface area contributed by atoms with E-state index in [0.717, 1.165) is 18.9 Å². The molecule has 1 heterocycles. The Labute approximate surface area is 131 Å². The van der Waals surface area contributed by atoms with Crippen LogP contribution in [0.5, 0.6) is 0 Å². The Morgan fingerprint density at radius 2 is 2.09 bits per heavy atom. The molecule has 0 unspecified atom stereocenters. The molecule has 0 bridgehead atoms. The second-order valence-electron chi connectivity index (χ2n) is 5.51. The first-order chi connectivity index (χ1) is 10.3. The molecule has 0 amide bonds. The van der Waals surface area contributed by atoms with Gasteiger partial charge in [0.15, 0.2) is 0 Å². The number of carbonyl (C=O) groups excluding carboxylic acids is 1. The summed E-state index contributed by atoms with van der Waals surface area (Å²) in [5, 5.41) is -0.445. The van der Waals surface area contributed by atoms with E-state index in [0.29, 0.717) is 19.3 Å². The molecule has 1 saturated heterocycles. The molecule has 0 aromatic heterocycles. The topological polar surface area (TPSA) is 35.5 Å². The highest BCUT2D eigenvalue weighted by Gasteiger charge is 2.39. The van der Waals surface area contributed by atoms with Crippen molar-refractivity contribution in [3.63, 3.8) is 0 Å². The van der Waals surface area contributed by atoms with Gasteiger partial charge in [-0.05, 0) is 24.6 Å². The van der Waals surface area contributed by atoms with Crippen molar-refractivity contribution in [2.45, 2.75) is 25.9 Å². The maximum atomic E-state index is 12.8. The van der Waals surface area contributed by atoms with Gasteiger partial charge in [-0.1, -0.05) is 24.9 Å². The van der Waals surface area contributed by atoms with Crippen molar-refractivity contribution in [2.75, 3.05) is 19.8 Å². The Hall–Kier alpha value is -1.27. The van der Waals surface area contributed by atoms with Gasteiger partial charge in [-0.15, -0.1) is 0 Å². The zero-order chi connectivity index (χ0) is 16.4. The smallest absolute Gasteiger partial charge is 0.417 e. The molecule has 22 heavy (non-hydrogen) atoms. The van der Waals surface area contributed by atoms with Crippen LogP contribution in [-0.2, 0) is 15.7 Å². The summed E-state index contributed by atoms with van der Waals surface area (Å²) in [5.41, 5.74) is -1.41. The Balaban J connectivity index is 2.07. The molecule has 1 aliphatic heterocycles. The minimum absolute atomic E-state index is 0.143. The second-order valence-corrected chi connectivity index (χ2v) is 5.92. The summed E-state index contributed by atoms with van der Waals surface area (Å²) in [5.74, 6) is -0.787. The lowest BCUT2D eigenvalue weighted by atomic mass is 9.82. The number of alkyl halides is 3. The van der Waals surface area contributed by atoms with Gasteiger partial charge < -0.3 is 9.47 Å². The van der Waals surface area contributed by atoms with Crippen molar-refractivity contribution in [3.05, 3.63) is 34.3 Å². The predicted octanol–water partition coefficient (Wildman–Crippen LogP) is 4.33. The number of carbonyl (C=O) groups is 1. The fourth-order valence-corrected chi connectivity index (χ4v) is 2.62. The van der Waals surface area contributed by atoms with Gasteiger partial charge in [0.2, 0.25) is 0 Å². The molecule has 1 aromatic rings. The summed E-state index contributed by atoms with van der Waals surface area (Å²) in [4.78, 5) is 12.0. The third kappa shape index (κ3) is 3.73. The highest BCUT2D eigenvalue weighted by atomic mass is 35.5. The lowest BCUT2D eigenvalue weighted by molar-refractivity contribution is -0.142. The van der Waals surface area contributed by atoms with Crippen LogP contribution in [0.3, 0.4) is 0 Å². The Morgan fingerprint density at radius 3 is 2.59 bits per heavy atom. The average Bonchev–Trinajstić information content (AvgIpc) is 2.40. The average molecular weight is 337 g/mol. The molecule has 3 nitrogen and oxygen atoms in total. The number of halogens is 4. The van der Waals surface area contributed by atoms with E-state index in [1.165, 1.54) is 6.07 Å². The molecular weight excluding hydrogens is 321 g/mol. The SMILES string of the molecule is CCCC1(COC(=O)c2ccc(Cl)c(C(F)(F)F)c2)COC1. The van der Waals surface area contributed by atoms with Gasteiger partial charge >= 0.3 is 12.1 Å². The number of rotatable bonds is 5. The van der Waals surface area contributed by atoms with Crippen LogP contribution < -0.4 is 0 Å². The fraction of sp³-hybridized carbons (Fsp3) is 0.533. The van der Waals surface area contributed by atoms with Crippen LogP contribution in [0.15, 0.2) is 18.2 Å². The second kappa shape index (κ2) is 6.46. The van der Waals surface area contributed by atoms with Crippen molar-refractivity contribution in [1.29, 1.82) is 0 Å². The normalized spacial score (nSPS) is 17.0. The third-order valence-electron chi connectivity index (χ3n) is 3.61. The quantitative estimate of drug-likeness (QED) is 0.751. The van der Waals surface area contributed by atoms with Crippen LogP contribution in [0.4, 0.5) is 13.2 Å². The zero-order valence-electron chi connectivity index (χ0n) is 12.0. The van der Waals surface area contributed by atoms with E-state index in [9.17, 15) is 18.0 Å². The Bertz CT molecular complexity index is 553. The first-order valence-electron chi connectivity index (χ1n) is 6.89. The van der Waals surface area contributed by atoms with Crippen LogP contribution in [0.25, 0.3) is 0 Å². The van der Waals surface area contributed by atoms with Crippen LogP contribution in [0.1, 0.15) is 35.7 Å². The van der Waals surface area contributed by atoms with E-state index in [1.54, 1.807) is 0 Å². The Kier molecular flexibility index (Phi) is 5.02. The largest absolute Gasteiger partial charge is 0.461 e. The molecule has 2 rings (SSSR count). The standard InChI is InChI=1S/C15H16ClF3O3/c1-2-5-14(7-21-8-14)9-22-13(20)10-3-4-12(16)11(6-10)15(17,18)19/h3-4,6H,2,5,7-9H2,1H3. The van der Waals surface area contributed by atoms with Crippen LogP contribution >= 0.6 is 11.6 Å². The van der Waals surface area contributed by atoms with E-state index in [1.807, 2.05) is 6.92 Å². The van der Waals surface area contributed by atoms with E-state index >= 15 is 0 Å². The number of hydrogen-bond donors (Lipinski definition) is 0. The molecule has 1 fully saturated rings. The molecule has 1 aromatic carbocycles. The molecule has 0 N–H and O–H groups in total. The van der Waals surface area contributed by atoms with Gasteiger partial charge in [-0.2, -0.15) is 13.2 Å². The van der Waals surface area contributed by atoms with E-state index < -0.39 is 22.7 Å². The minimum Gasteiger partial charge on any atom is -0.461 e.